The van der Waals surface area contributed by atoms with Gasteiger partial charge in [0, 0.05) is 17.3 Å². The molecule has 0 bridgehead atoms. The van der Waals surface area contributed by atoms with Crippen molar-refractivity contribution >= 4 is 11.5 Å². The highest BCUT2D eigenvalue weighted by molar-refractivity contribution is 5.99. The molecule has 6 heteroatoms. The molecule has 0 saturated heterocycles. The Kier molecular flexibility index (Phi) is 5.20. The van der Waals surface area contributed by atoms with Gasteiger partial charge in [-0.15, -0.1) is 0 Å². The quantitative estimate of drug-likeness (QED) is 0.617. The van der Waals surface area contributed by atoms with E-state index >= 15 is 0 Å². The van der Waals surface area contributed by atoms with E-state index in [9.17, 15) is 4.79 Å². The first-order valence-electron chi connectivity index (χ1n) is 6.54. The Morgan fingerprint density at radius 2 is 1.45 bits per heavy atom. The number of rotatable bonds is 1. The lowest BCUT2D eigenvalue weighted by molar-refractivity contribution is 0.0223. The van der Waals surface area contributed by atoms with E-state index in [0.29, 0.717) is 62.4 Å². The van der Waals surface area contributed by atoms with Gasteiger partial charge in [0.15, 0.2) is 17.3 Å². The first-order chi connectivity index (χ1) is 9.68. The molecule has 0 aliphatic carbocycles. The highest BCUT2D eigenvalue weighted by Crippen LogP contribution is 2.32. The Bertz CT molecular complexity index is 475. The fraction of sp³-hybridized carbons (Fsp3) is 0.500. The van der Waals surface area contributed by atoms with Crippen molar-refractivity contribution in [2.45, 2.75) is 6.92 Å². The minimum atomic E-state index is -0.111. The molecule has 110 valence electrons. The fourth-order valence-electron chi connectivity index (χ4n) is 1.85. The number of nitrogen functional groups attached to an aromatic ring is 1. The summed E-state index contributed by atoms with van der Waals surface area (Å²) in [5, 5.41) is 0. The van der Waals surface area contributed by atoms with Crippen molar-refractivity contribution in [2.75, 3.05) is 45.4 Å². The number of ketones is 1. The molecule has 0 aromatic heterocycles. The highest BCUT2D eigenvalue weighted by Gasteiger charge is 2.14. The normalized spacial score (nSPS) is 16.9. The summed E-state index contributed by atoms with van der Waals surface area (Å²) >= 11 is 0. The van der Waals surface area contributed by atoms with Crippen LogP contribution in [-0.4, -0.2) is 45.4 Å². The molecule has 6 nitrogen and oxygen atoms in total. The van der Waals surface area contributed by atoms with Crippen molar-refractivity contribution in [3.05, 3.63) is 17.7 Å². The molecular formula is C14H19NO5. The van der Waals surface area contributed by atoms with E-state index in [4.69, 9.17) is 24.7 Å². The maximum Gasteiger partial charge on any atom is 0.163 e. The molecule has 0 fully saturated rings. The molecule has 0 radical (unpaired) electrons. The molecule has 1 aliphatic heterocycles. The van der Waals surface area contributed by atoms with Gasteiger partial charge in [0.05, 0.1) is 26.4 Å². The van der Waals surface area contributed by atoms with Gasteiger partial charge in [0.2, 0.25) is 0 Å². The number of fused-ring (bicyclic) bond motifs is 1. The number of benzene rings is 1. The third kappa shape index (κ3) is 3.85. The number of hydrogen-bond donors (Lipinski definition) is 1. The first kappa shape index (κ1) is 14.6. The van der Waals surface area contributed by atoms with Crippen molar-refractivity contribution in [3.8, 4) is 11.5 Å². The topological polar surface area (TPSA) is 80.0 Å². The Balaban J connectivity index is 2.22. The van der Waals surface area contributed by atoms with E-state index in [-0.39, 0.29) is 5.78 Å². The van der Waals surface area contributed by atoms with Gasteiger partial charge in [-0.05, 0) is 13.0 Å². The molecule has 0 atom stereocenters. The van der Waals surface area contributed by atoms with Gasteiger partial charge in [0.25, 0.3) is 0 Å². The van der Waals surface area contributed by atoms with Crippen molar-refractivity contribution in [1.82, 2.24) is 0 Å². The number of ether oxygens (including phenoxy) is 4. The third-order valence-corrected chi connectivity index (χ3v) is 2.84. The van der Waals surface area contributed by atoms with E-state index < -0.39 is 0 Å². The van der Waals surface area contributed by atoms with Crippen molar-refractivity contribution in [3.63, 3.8) is 0 Å². The van der Waals surface area contributed by atoms with Crippen LogP contribution in [-0.2, 0) is 9.47 Å². The van der Waals surface area contributed by atoms with Crippen molar-refractivity contribution < 1.29 is 23.7 Å². The smallest absolute Gasteiger partial charge is 0.163 e. The Morgan fingerprint density at radius 1 is 0.950 bits per heavy atom. The maximum atomic E-state index is 11.5. The largest absolute Gasteiger partial charge is 0.487 e. The summed E-state index contributed by atoms with van der Waals surface area (Å²) in [4.78, 5) is 11.5. The lowest BCUT2D eigenvalue weighted by atomic mass is 10.1. The molecule has 1 heterocycles. The van der Waals surface area contributed by atoms with Gasteiger partial charge in [-0.25, -0.2) is 0 Å². The van der Waals surface area contributed by atoms with E-state index in [1.54, 1.807) is 12.1 Å². The van der Waals surface area contributed by atoms with Crippen LogP contribution >= 0.6 is 0 Å². The number of Topliss-reactive ketones (excluding diaryl/α,β-unsaturated/α-hetero) is 1. The van der Waals surface area contributed by atoms with Crippen LogP contribution in [0.2, 0.25) is 0 Å². The van der Waals surface area contributed by atoms with E-state index in [1.165, 1.54) is 6.92 Å². The molecule has 2 N–H and O–H groups in total. The Labute approximate surface area is 117 Å². The standard InChI is InChI=1S/C14H19NO5/c1-10(16)11-8-13-14(9-12(11)15)20-7-5-18-3-2-17-4-6-19-13/h8-9H,2-7,15H2,1H3. The van der Waals surface area contributed by atoms with Crippen LogP contribution in [0.5, 0.6) is 11.5 Å². The average Bonchev–Trinajstić information content (AvgIpc) is 2.40. The summed E-state index contributed by atoms with van der Waals surface area (Å²) < 4.78 is 21.9. The molecule has 0 spiro atoms. The number of hydrogen-bond acceptors (Lipinski definition) is 6. The summed E-state index contributed by atoms with van der Waals surface area (Å²) in [6.07, 6.45) is 0. The van der Waals surface area contributed by atoms with Crippen LogP contribution in [0.25, 0.3) is 0 Å². The fourth-order valence-corrected chi connectivity index (χ4v) is 1.85. The molecule has 0 amide bonds. The summed E-state index contributed by atoms with van der Waals surface area (Å²) in [5.41, 5.74) is 6.66. The van der Waals surface area contributed by atoms with Crippen LogP contribution in [0.15, 0.2) is 12.1 Å². The molecule has 1 aromatic rings. The van der Waals surface area contributed by atoms with E-state index in [1.807, 2.05) is 0 Å². The number of carbonyl (C=O) groups is 1. The molecule has 0 unspecified atom stereocenters. The number of nitrogens with two attached hydrogens (primary N) is 1. The van der Waals surface area contributed by atoms with Gasteiger partial charge in [-0.2, -0.15) is 0 Å². The highest BCUT2D eigenvalue weighted by atomic mass is 16.6. The van der Waals surface area contributed by atoms with Crippen molar-refractivity contribution in [2.24, 2.45) is 0 Å². The van der Waals surface area contributed by atoms with Gasteiger partial charge in [-0.3, -0.25) is 4.79 Å². The Hall–Kier alpha value is -1.79. The summed E-state index contributed by atoms with van der Waals surface area (Å²) in [6, 6.07) is 3.22. The lowest BCUT2D eigenvalue weighted by Crippen LogP contribution is -2.16. The predicted octanol–water partition coefficient (Wildman–Crippen LogP) is 1.28. The maximum absolute atomic E-state index is 11.5. The number of anilines is 1. The second-order valence-corrected chi connectivity index (χ2v) is 4.36. The minimum Gasteiger partial charge on any atom is -0.487 e. The van der Waals surface area contributed by atoms with Gasteiger partial charge in [-0.1, -0.05) is 0 Å². The van der Waals surface area contributed by atoms with Crippen LogP contribution in [0, 0.1) is 0 Å². The number of carbonyl (C=O) groups excluding carboxylic acids is 1. The second kappa shape index (κ2) is 7.12. The summed E-state index contributed by atoms with van der Waals surface area (Å²) in [7, 11) is 0. The molecule has 1 aliphatic rings. The molecule has 20 heavy (non-hydrogen) atoms. The summed E-state index contributed by atoms with van der Waals surface area (Å²) in [5.74, 6) is 0.893. The minimum absolute atomic E-state index is 0.111. The zero-order chi connectivity index (χ0) is 14.4. The van der Waals surface area contributed by atoms with Crippen LogP contribution < -0.4 is 15.2 Å². The van der Waals surface area contributed by atoms with Crippen LogP contribution in [0.1, 0.15) is 17.3 Å². The second-order valence-electron chi connectivity index (χ2n) is 4.36. The SMILES string of the molecule is CC(=O)c1cc2c(cc1N)OCCOCCOCCO2. The zero-order valence-electron chi connectivity index (χ0n) is 11.5. The molecule has 0 saturated carbocycles. The van der Waals surface area contributed by atoms with Crippen molar-refractivity contribution in [1.29, 1.82) is 0 Å². The van der Waals surface area contributed by atoms with Gasteiger partial charge >= 0.3 is 0 Å². The Morgan fingerprint density at radius 3 is 2.00 bits per heavy atom. The average molecular weight is 281 g/mol. The zero-order valence-corrected chi connectivity index (χ0v) is 11.5. The van der Waals surface area contributed by atoms with Gasteiger partial charge in [0.1, 0.15) is 13.2 Å². The van der Waals surface area contributed by atoms with Crippen LogP contribution in [0.4, 0.5) is 5.69 Å². The molecule has 2 rings (SSSR count). The monoisotopic (exact) mass is 281 g/mol. The summed E-state index contributed by atoms with van der Waals surface area (Å²) in [6.45, 7) is 4.18. The van der Waals surface area contributed by atoms with Gasteiger partial charge < -0.3 is 24.7 Å². The van der Waals surface area contributed by atoms with E-state index in [0.717, 1.165) is 0 Å². The lowest BCUT2D eigenvalue weighted by Gasteiger charge is -2.16. The van der Waals surface area contributed by atoms with Crippen LogP contribution in [0.3, 0.4) is 0 Å². The molecule has 1 aromatic carbocycles. The molecular weight excluding hydrogens is 262 g/mol. The predicted molar refractivity (Wildman–Crippen MR) is 73.5 cm³/mol. The third-order valence-electron chi connectivity index (χ3n) is 2.84. The van der Waals surface area contributed by atoms with E-state index in [2.05, 4.69) is 0 Å². The first-order valence-corrected chi connectivity index (χ1v) is 6.54.